The second kappa shape index (κ2) is 8.25. The number of nitrogens with zero attached hydrogens (tertiary/aromatic N) is 2. The molecule has 1 N–H and O–H groups in total. The molecule has 1 aromatic carbocycles. The molecule has 6 heteroatoms. The molecule has 0 bridgehead atoms. The van der Waals surface area contributed by atoms with Crippen LogP contribution < -0.4 is 5.32 Å². The van der Waals surface area contributed by atoms with Crippen molar-refractivity contribution in [2.24, 2.45) is 0 Å². The SMILES string of the molecule is O=C(NCCN1CCCCCC1=O)c1cc(-c2ccco2)nc2ccccc12. The topological polar surface area (TPSA) is 75.4 Å². The van der Waals surface area contributed by atoms with Crippen molar-refractivity contribution < 1.29 is 14.0 Å². The zero-order valence-electron chi connectivity index (χ0n) is 15.7. The van der Waals surface area contributed by atoms with Crippen LogP contribution in [-0.4, -0.2) is 41.3 Å². The van der Waals surface area contributed by atoms with Crippen LogP contribution in [0.5, 0.6) is 0 Å². The zero-order chi connectivity index (χ0) is 19.3. The first-order valence-corrected chi connectivity index (χ1v) is 9.72. The van der Waals surface area contributed by atoms with Crippen LogP contribution in [0.3, 0.4) is 0 Å². The van der Waals surface area contributed by atoms with E-state index in [0.717, 1.165) is 36.7 Å². The molecule has 28 heavy (non-hydrogen) atoms. The number of hydrogen-bond acceptors (Lipinski definition) is 4. The summed E-state index contributed by atoms with van der Waals surface area (Å²) < 4.78 is 5.45. The van der Waals surface area contributed by atoms with Crippen molar-refractivity contribution in [3.8, 4) is 11.5 Å². The molecule has 4 rings (SSSR count). The normalized spacial score (nSPS) is 14.9. The summed E-state index contributed by atoms with van der Waals surface area (Å²) in [6.45, 7) is 1.74. The number of furan rings is 1. The average molecular weight is 377 g/mol. The number of amides is 2. The van der Waals surface area contributed by atoms with Gasteiger partial charge in [-0.15, -0.1) is 0 Å². The lowest BCUT2D eigenvalue weighted by molar-refractivity contribution is -0.130. The van der Waals surface area contributed by atoms with E-state index in [4.69, 9.17) is 4.42 Å². The molecule has 3 aromatic rings. The molecule has 6 nitrogen and oxygen atoms in total. The number of rotatable bonds is 5. The Morgan fingerprint density at radius 1 is 1.14 bits per heavy atom. The van der Waals surface area contributed by atoms with Gasteiger partial charge < -0.3 is 14.6 Å². The number of nitrogens with one attached hydrogen (secondary N) is 1. The van der Waals surface area contributed by atoms with Crippen LogP contribution in [0, 0.1) is 0 Å². The maximum atomic E-state index is 12.9. The smallest absolute Gasteiger partial charge is 0.252 e. The number of aromatic nitrogens is 1. The molecule has 2 amide bonds. The molecule has 0 saturated carbocycles. The highest BCUT2D eigenvalue weighted by Crippen LogP contribution is 2.25. The summed E-state index contributed by atoms with van der Waals surface area (Å²) in [6, 6.07) is 12.9. The fraction of sp³-hybridized carbons (Fsp3) is 0.318. The maximum absolute atomic E-state index is 12.9. The molecular formula is C22H23N3O3. The second-order valence-corrected chi connectivity index (χ2v) is 7.00. The van der Waals surface area contributed by atoms with Crippen molar-refractivity contribution in [2.75, 3.05) is 19.6 Å². The Bertz CT molecular complexity index is 982. The van der Waals surface area contributed by atoms with Gasteiger partial charge in [0.1, 0.15) is 5.69 Å². The Morgan fingerprint density at radius 2 is 2.04 bits per heavy atom. The number of carbonyl (C=O) groups is 2. The Labute approximate surface area is 163 Å². The number of benzene rings is 1. The van der Waals surface area contributed by atoms with Crippen LogP contribution in [0.4, 0.5) is 0 Å². The van der Waals surface area contributed by atoms with Crippen molar-refractivity contribution in [1.82, 2.24) is 15.2 Å². The summed E-state index contributed by atoms with van der Waals surface area (Å²) in [5, 5.41) is 3.75. The number of carbonyl (C=O) groups excluding carboxylic acids is 2. The lowest BCUT2D eigenvalue weighted by Gasteiger charge is -2.20. The van der Waals surface area contributed by atoms with E-state index in [1.165, 1.54) is 0 Å². The van der Waals surface area contributed by atoms with Crippen LogP contribution in [-0.2, 0) is 4.79 Å². The van der Waals surface area contributed by atoms with E-state index in [9.17, 15) is 9.59 Å². The quantitative estimate of drug-likeness (QED) is 0.737. The third-order valence-electron chi connectivity index (χ3n) is 5.07. The van der Waals surface area contributed by atoms with Gasteiger partial charge in [-0.25, -0.2) is 4.98 Å². The summed E-state index contributed by atoms with van der Waals surface area (Å²) in [5.74, 6) is 0.629. The third kappa shape index (κ3) is 3.91. The van der Waals surface area contributed by atoms with Crippen molar-refractivity contribution >= 4 is 22.7 Å². The molecule has 144 valence electrons. The van der Waals surface area contributed by atoms with Crippen molar-refractivity contribution in [2.45, 2.75) is 25.7 Å². The predicted octanol–water partition coefficient (Wildman–Crippen LogP) is 3.63. The van der Waals surface area contributed by atoms with E-state index < -0.39 is 0 Å². The van der Waals surface area contributed by atoms with E-state index in [0.29, 0.717) is 36.5 Å². The Kier molecular flexibility index (Phi) is 5.37. The molecule has 3 heterocycles. The van der Waals surface area contributed by atoms with Gasteiger partial charge in [-0.3, -0.25) is 9.59 Å². The van der Waals surface area contributed by atoms with Gasteiger partial charge in [-0.1, -0.05) is 24.6 Å². The van der Waals surface area contributed by atoms with Crippen molar-refractivity contribution in [3.05, 3.63) is 54.3 Å². The highest BCUT2D eigenvalue weighted by Gasteiger charge is 2.18. The van der Waals surface area contributed by atoms with Gasteiger partial charge in [0.15, 0.2) is 5.76 Å². The van der Waals surface area contributed by atoms with Gasteiger partial charge in [0, 0.05) is 31.4 Å². The first-order chi connectivity index (χ1) is 13.7. The highest BCUT2D eigenvalue weighted by molar-refractivity contribution is 6.07. The molecule has 1 fully saturated rings. The van der Waals surface area contributed by atoms with Crippen LogP contribution >= 0.6 is 0 Å². The fourth-order valence-corrected chi connectivity index (χ4v) is 3.59. The molecule has 1 aliphatic rings. The summed E-state index contributed by atoms with van der Waals surface area (Å²) in [7, 11) is 0. The standard InChI is InChI=1S/C22H23N3O3/c26-21-10-2-1-5-12-25(21)13-11-23-22(27)17-15-19(20-9-6-14-28-20)24-18-8-4-3-7-16(17)18/h3-4,6-9,14-15H,1-2,5,10-13H2,(H,23,27). The largest absolute Gasteiger partial charge is 0.463 e. The molecular weight excluding hydrogens is 354 g/mol. The third-order valence-corrected chi connectivity index (χ3v) is 5.07. The average Bonchev–Trinajstić information content (AvgIpc) is 3.18. The minimum atomic E-state index is -0.173. The van der Waals surface area contributed by atoms with Gasteiger partial charge in [0.05, 0.1) is 17.3 Å². The molecule has 0 spiro atoms. The Hall–Kier alpha value is -3.15. The Morgan fingerprint density at radius 3 is 2.89 bits per heavy atom. The summed E-state index contributed by atoms with van der Waals surface area (Å²) in [6.07, 6.45) is 5.27. The number of para-hydroxylation sites is 1. The van der Waals surface area contributed by atoms with E-state index in [1.54, 1.807) is 18.4 Å². The number of pyridine rings is 1. The number of likely N-dealkylation sites (tertiary alicyclic amines) is 1. The molecule has 1 saturated heterocycles. The molecule has 1 aliphatic heterocycles. The molecule has 0 aliphatic carbocycles. The fourth-order valence-electron chi connectivity index (χ4n) is 3.59. The van der Waals surface area contributed by atoms with E-state index >= 15 is 0 Å². The van der Waals surface area contributed by atoms with Gasteiger partial charge in [-0.2, -0.15) is 0 Å². The number of fused-ring (bicyclic) bond motifs is 1. The van der Waals surface area contributed by atoms with Crippen LogP contribution in [0.25, 0.3) is 22.4 Å². The Balaban J connectivity index is 1.52. The molecule has 0 atom stereocenters. The molecule has 0 unspecified atom stereocenters. The first kappa shape index (κ1) is 18.2. The minimum absolute atomic E-state index is 0.173. The summed E-state index contributed by atoms with van der Waals surface area (Å²) in [5.41, 5.74) is 1.92. The van der Waals surface area contributed by atoms with Crippen LogP contribution in [0.15, 0.2) is 53.1 Å². The highest BCUT2D eigenvalue weighted by atomic mass is 16.3. The zero-order valence-corrected chi connectivity index (χ0v) is 15.7. The van der Waals surface area contributed by atoms with Crippen LogP contribution in [0.1, 0.15) is 36.0 Å². The number of hydrogen-bond donors (Lipinski definition) is 1. The summed E-state index contributed by atoms with van der Waals surface area (Å²) >= 11 is 0. The molecule has 2 aromatic heterocycles. The van der Waals surface area contributed by atoms with Crippen molar-refractivity contribution in [1.29, 1.82) is 0 Å². The second-order valence-electron chi connectivity index (χ2n) is 7.00. The monoisotopic (exact) mass is 377 g/mol. The van der Waals surface area contributed by atoms with E-state index in [2.05, 4.69) is 10.3 Å². The predicted molar refractivity (Wildman–Crippen MR) is 107 cm³/mol. The lowest BCUT2D eigenvalue weighted by atomic mass is 10.1. The summed E-state index contributed by atoms with van der Waals surface area (Å²) in [4.78, 5) is 31.5. The minimum Gasteiger partial charge on any atom is -0.463 e. The van der Waals surface area contributed by atoms with Gasteiger partial charge in [0.2, 0.25) is 5.91 Å². The lowest BCUT2D eigenvalue weighted by Crippen LogP contribution is -2.38. The maximum Gasteiger partial charge on any atom is 0.252 e. The van der Waals surface area contributed by atoms with E-state index in [1.807, 2.05) is 35.2 Å². The van der Waals surface area contributed by atoms with Crippen LogP contribution in [0.2, 0.25) is 0 Å². The first-order valence-electron chi connectivity index (χ1n) is 9.72. The van der Waals surface area contributed by atoms with Gasteiger partial charge >= 0.3 is 0 Å². The van der Waals surface area contributed by atoms with Gasteiger partial charge in [0.25, 0.3) is 5.91 Å². The van der Waals surface area contributed by atoms with Gasteiger partial charge in [-0.05, 0) is 37.1 Å². The molecule has 0 radical (unpaired) electrons. The van der Waals surface area contributed by atoms with E-state index in [-0.39, 0.29) is 11.8 Å². The van der Waals surface area contributed by atoms with Crippen molar-refractivity contribution in [3.63, 3.8) is 0 Å².